The maximum Gasteiger partial charge on any atom is 0.242 e. The minimum absolute atomic E-state index is 0.00290. The van der Waals surface area contributed by atoms with Crippen LogP contribution in [-0.4, -0.2) is 34.7 Å². The highest BCUT2D eigenvalue weighted by Crippen LogP contribution is 2.31. The molecule has 1 fully saturated rings. The summed E-state index contributed by atoms with van der Waals surface area (Å²) in [4.78, 5) is 41.9. The van der Waals surface area contributed by atoms with Crippen LogP contribution >= 0.6 is 0 Å². The molecule has 1 aliphatic rings. The van der Waals surface area contributed by atoms with Crippen molar-refractivity contribution in [2.24, 2.45) is 5.92 Å². The van der Waals surface area contributed by atoms with Crippen LogP contribution in [0.1, 0.15) is 24.0 Å². The zero-order valence-corrected chi connectivity index (χ0v) is 18.2. The third kappa shape index (κ3) is 5.37. The van der Waals surface area contributed by atoms with E-state index in [0.717, 1.165) is 12.8 Å². The van der Waals surface area contributed by atoms with Crippen molar-refractivity contribution in [3.63, 3.8) is 0 Å². The number of hydrogen-bond donors (Lipinski definition) is 0. The molecular weight excluding hydrogens is 423 g/mol. The first-order chi connectivity index (χ1) is 16.0. The van der Waals surface area contributed by atoms with Crippen LogP contribution in [0, 0.1) is 11.7 Å². The van der Waals surface area contributed by atoms with Crippen LogP contribution in [0.2, 0.25) is 0 Å². The second-order valence-corrected chi connectivity index (χ2v) is 8.24. The van der Waals surface area contributed by atoms with Crippen LogP contribution in [0.25, 0.3) is 11.0 Å². The summed E-state index contributed by atoms with van der Waals surface area (Å²) in [6.07, 6.45) is 4.62. The Morgan fingerprint density at radius 3 is 2.48 bits per heavy atom. The Balaban J connectivity index is 1.61. The van der Waals surface area contributed by atoms with Crippen molar-refractivity contribution in [2.75, 3.05) is 13.1 Å². The molecule has 0 spiro atoms. The average Bonchev–Trinajstić information content (AvgIpc) is 3.66. The van der Waals surface area contributed by atoms with Gasteiger partial charge in [-0.25, -0.2) is 4.39 Å². The molecular formula is C26H25FN2O4. The number of hydrogen-bond acceptors (Lipinski definition) is 4. The molecule has 1 aromatic heterocycles. The summed E-state index contributed by atoms with van der Waals surface area (Å²) in [5.41, 5.74) is 1.28. The summed E-state index contributed by atoms with van der Waals surface area (Å²) < 4.78 is 19.0. The first-order valence-corrected chi connectivity index (χ1v) is 10.9. The summed E-state index contributed by atoms with van der Waals surface area (Å²) in [5, 5.41) is 0.432. The SMILES string of the molecule is C=CCN(CC(=O)N(Cc1ccc(F)cc1)Cc1coc2ccccc2c1=O)C(=O)C1CC1. The van der Waals surface area contributed by atoms with Gasteiger partial charge in [-0.15, -0.1) is 6.58 Å². The van der Waals surface area contributed by atoms with Gasteiger partial charge >= 0.3 is 0 Å². The van der Waals surface area contributed by atoms with E-state index in [-0.39, 0.29) is 55.2 Å². The maximum atomic E-state index is 13.4. The molecule has 0 N–H and O–H groups in total. The van der Waals surface area contributed by atoms with Gasteiger partial charge in [-0.3, -0.25) is 14.4 Å². The number of halogens is 1. The average molecular weight is 448 g/mol. The number of carbonyl (C=O) groups is 2. The van der Waals surface area contributed by atoms with Gasteiger partial charge in [0.1, 0.15) is 17.9 Å². The molecule has 0 bridgehead atoms. The molecule has 4 rings (SSSR count). The van der Waals surface area contributed by atoms with E-state index in [1.165, 1.54) is 28.2 Å². The standard InChI is InChI=1S/C26H25FN2O4/c1-2-13-28(26(32)19-9-10-19)16-24(30)29(14-18-7-11-21(27)12-8-18)15-20-17-33-23-6-4-3-5-22(23)25(20)31/h2-8,11-12,17,19H,1,9-10,13-16H2. The van der Waals surface area contributed by atoms with Crippen molar-refractivity contribution in [1.82, 2.24) is 9.80 Å². The molecule has 1 heterocycles. The number of para-hydroxylation sites is 1. The molecule has 0 radical (unpaired) electrons. The van der Waals surface area contributed by atoms with Crippen molar-refractivity contribution >= 4 is 22.8 Å². The Morgan fingerprint density at radius 2 is 1.79 bits per heavy atom. The van der Waals surface area contributed by atoms with Gasteiger partial charge in [0.25, 0.3) is 0 Å². The number of benzene rings is 2. The van der Waals surface area contributed by atoms with Crippen LogP contribution in [0.4, 0.5) is 4.39 Å². The van der Waals surface area contributed by atoms with Crippen LogP contribution in [0.5, 0.6) is 0 Å². The highest BCUT2D eigenvalue weighted by molar-refractivity contribution is 5.87. The zero-order valence-electron chi connectivity index (χ0n) is 18.2. The lowest BCUT2D eigenvalue weighted by Crippen LogP contribution is -2.43. The second-order valence-electron chi connectivity index (χ2n) is 8.24. The van der Waals surface area contributed by atoms with Crippen LogP contribution in [0.3, 0.4) is 0 Å². The normalized spacial score (nSPS) is 13.0. The van der Waals surface area contributed by atoms with Gasteiger partial charge in [-0.05, 0) is 42.7 Å². The molecule has 6 nitrogen and oxygen atoms in total. The minimum Gasteiger partial charge on any atom is -0.464 e. The Hall–Kier alpha value is -3.74. The van der Waals surface area contributed by atoms with E-state index < -0.39 is 0 Å². The third-order valence-corrected chi connectivity index (χ3v) is 5.67. The number of amides is 2. The number of fused-ring (bicyclic) bond motifs is 1. The van der Waals surface area contributed by atoms with Gasteiger partial charge in [-0.2, -0.15) is 0 Å². The summed E-state index contributed by atoms with van der Waals surface area (Å²) in [6.45, 7) is 4.00. The Labute approximate surface area is 190 Å². The Bertz CT molecular complexity index is 1230. The number of rotatable bonds is 9. The molecule has 7 heteroatoms. The molecule has 2 aromatic carbocycles. The fraction of sp³-hybridized carbons (Fsp3) is 0.269. The lowest BCUT2D eigenvalue weighted by atomic mass is 10.1. The van der Waals surface area contributed by atoms with Gasteiger partial charge in [-0.1, -0.05) is 30.3 Å². The van der Waals surface area contributed by atoms with E-state index in [1.54, 1.807) is 42.5 Å². The third-order valence-electron chi connectivity index (χ3n) is 5.67. The van der Waals surface area contributed by atoms with Gasteiger partial charge in [0.2, 0.25) is 11.8 Å². The monoisotopic (exact) mass is 448 g/mol. The molecule has 3 aromatic rings. The molecule has 1 saturated carbocycles. The van der Waals surface area contributed by atoms with E-state index in [2.05, 4.69) is 6.58 Å². The van der Waals surface area contributed by atoms with E-state index >= 15 is 0 Å². The highest BCUT2D eigenvalue weighted by Gasteiger charge is 2.34. The molecule has 33 heavy (non-hydrogen) atoms. The fourth-order valence-corrected chi connectivity index (χ4v) is 3.72. The van der Waals surface area contributed by atoms with Crippen LogP contribution in [0.15, 0.2) is 76.7 Å². The molecule has 0 atom stereocenters. The predicted molar refractivity (Wildman–Crippen MR) is 123 cm³/mol. The summed E-state index contributed by atoms with van der Waals surface area (Å²) >= 11 is 0. The summed E-state index contributed by atoms with van der Waals surface area (Å²) in [5.74, 6) is -0.784. The topological polar surface area (TPSA) is 70.8 Å². The Morgan fingerprint density at radius 1 is 1.06 bits per heavy atom. The summed E-state index contributed by atoms with van der Waals surface area (Å²) in [7, 11) is 0. The van der Waals surface area contributed by atoms with Crippen molar-refractivity contribution in [2.45, 2.75) is 25.9 Å². The number of carbonyl (C=O) groups excluding carboxylic acids is 2. The second kappa shape index (κ2) is 9.81. The van der Waals surface area contributed by atoms with Gasteiger partial charge < -0.3 is 14.2 Å². The zero-order chi connectivity index (χ0) is 23.4. The van der Waals surface area contributed by atoms with Gasteiger partial charge in [0.05, 0.1) is 23.8 Å². The van der Waals surface area contributed by atoms with Gasteiger partial charge in [0.15, 0.2) is 5.43 Å². The quantitative estimate of drug-likeness (QED) is 0.466. The lowest BCUT2D eigenvalue weighted by molar-refractivity contribution is -0.141. The molecule has 2 amide bonds. The van der Waals surface area contributed by atoms with Gasteiger partial charge in [0, 0.05) is 19.0 Å². The van der Waals surface area contributed by atoms with Crippen molar-refractivity contribution in [3.8, 4) is 0 Å². The molecule has 170 valence electrons. The minimum atomic E-state index is -0.376. The largest absolute Gasteiger partial charge is 0.464 e. The van der Waals surface area contributed by atoms with Crippen LogP contribution in [-0.2, 0) is 22.7 Å². The van der Waals surface area contributed by atoms with E-state index in [1.807, 2.05) is 0 Å². The van der Waals surface area contributed by atoms with E-state index in [9.17, 15) is 18.8 Å². The maximum absolute atomic E-state index is 13.4. The molecule has 0 unspecified atom stereocenters. The fourth-order valence-electron chi connectivity index (χ4n) is 3.72. The molecule has 0 saturated heterocycles. The van der Waals surface area contributed by atoms with E-state index in [4.69, 9.17) is 4.42 Å². The summed E-state index contributed by atoms with van der Waals surface area (Å²) in [6, 6.07) is 12.7. The van der Waals surface area contributed by atoms with Crippen molar-refractivity contribution in [1.29, 1.82) is 0 Å². The predicted octanol–water partition coefficient (Wildman–Crippen LogP) is 3.89. The van der Waals surface area contributed by atoms with Crippen LogP contribution < -0.4 is 5.43 Å². The molecule has 1 aliphatic carbocycles. The van der Waals surface area contributed by atoms with E-state index in [0.29, 0.717) is 22.1 Å². The smallest absolute Gasteiger partial charge is 0.242 e. The first-order valence-electron chi connectivity index (χ1n) is 10.9. The molecule has 0 aliphatic heterocycles. The first kappa shape index (κ1) is 22.5. The number of nitrogens with zero attached hydrogens (tertiary/aromatic N) is 2. The lowest BCUT2D eigenvalue weighted by Gasteiger charge is -2.27. The van der Waals surface area contributed by atoms with Crippen molar-refractivity contribution < 1.29 is 18.4 Å². The van der Waals surface area contributed by atoms with Crippen molar-refractivity contribution in [3.05, 3.63) is 94.6 Å². The Kier molecular flexibility index (Phi) is 6.68. The highest BCUT2D eigenvalue weighted by atomic mass is 19.1.